The van der Waals surface area contributed by atoms with Crippen LogP contribution in [0.25, 0.3) is 0 Å². The van der Waals surface area contributed by atoms with Crippen molar-refractivity contribution in [3.63, 3.8) is 0 Å². The van der Waals surface area contributed by atoms with E-state index in [2.05, 4.69) is 42.2 Å². The van der Waals surface area contributed by atoms with Crippen molar-refractivity contribution in [3.8, 4) is 0 Å². The average Bonchev–Trinajstić information content (AvgIpc) is 2.83. The van der Waals surface area contributed by atoms with Gasteiger partial charge in [0, 0.05) is 32.0 Å². The summed E-state index contributed by atoms with van der Waals surface area (Å²) < 4.78 is 11.6. The van der Waals surface area contributed by atoms with Gasteiger partial charge in [0.05, 0.1) is 13.2 Å². The van der Waals surface area contributed by atoms with E-state index in [0.29, 0.717) is 6.04 Å². The molecule has 0 radical (unpaired) electrons. The zero-order valence-corrected chi connectivity index (χ0v) is 11.0. The minimum Gasteiger partial charge on any atom is -0.347 e. The van der Waals surface area contributed by atoms with Gasteiger partial charge in [0.1, 0.15) is 0 Å². The normalized spacial score (nSPS) is 27.7. The monoisotopic (exact) mass is 247 g/mol. The number of ether oxygens (including phenoxy) is 2. The summed E-state index contributed by atoms with van der Waals surface area (Å²) in [6.07, 6.45) is 1.98. The molecule has 0 bridgehead atoms. The third-order valence-electron chi connectivity index (χ3n) is 4.05. The number of rotatable bonds is 2. The summed E-state index contributed by atoms with van der Waals surface area (Å²) in [4.78, 5) is 2.52. The summed E-state index contributed by atoms with van der Waals surface area (Å²) in [5.41, 5.74) is 1.38. The molecule has 2 aliphatic heterocycles. The van der Waals surface area contributed by atoms with Gasteiger partial charge >= 0.3 is 0 Å². The maximum atomic E-state index is 5.80. The molecule has 1 aromatic rings. The molecule has 3 nitrogen and oxygen atoms in total. The van der Waals surface area contributed by atoms with Gasteiger partial charge in [-0.15, -0.1) is 0 Å². The van der Waals surface area contributed by atoms with Crippen molar-refractivity contribution in [2.24, 2.45) is 0 Å². The topological polar surface area (TPSA) is 21.7 Å². The average molecular weight is 247 g/mol. The van der Waals surface area contributed by atoms with E-state index in [0.717, 1.165) is 39.1 Å². The fourth-order valence-corrected chi connectivity index (χ4v) is 3.03. The van der Waals surface area contributed by atoms with Crippen LogP contribution in [-0.2, 0) is 16.0 Å². The minimum absolute atomic E-state index is 0.271. The molecular formula is C15H21NO2. The standard InChI is InChI=1S/C15H21NO2/c1-13-11-15(17-9-10-18-15)7-8-16(13)12-14-5-3-2-4-6-14/h2-6,13H,7-12H2,1H3. The Balaban J connectivity index is 1.62. The number of nitrogens with zero attached hydrogens (tertiary/aromatic N) is 1. The zero-order chi connectivity index (χ0) is 12.4. The van der Waals surface area contributed by atoms with Gasteiger partial charge in [-0.2, -0.15) is 0 Å². The van der Waals surface area contributed by atoms with Gasteiger partial charge < -0.3 is 9.47 Å². The highest BCUT2D eigenvalue weighted by atomic mass is 16.7. The third kappa shape index (κ3) is 2.44. The van der Waals surface area contributed by atoms with E-state index in [-0.39, 0.29) is 5.79 Å². The van der Waals surface area contributed by atoms with Gasteiger partial charge in [-0.25, -0.2) is 0 Å². The lowest BCUT2D eigenvalue weighted by Crippen LogP contribution is -2.49. The molecular weight excluding hydrogens is 226 g/mol. The number of hydrogen-bond acceptors (Lipinski definition) is 3. The Hall–Kier alpha value is -0.900. The summed E-state index contributed by atoms with van der Waals surface area (Å²) in [6.45, 7) is 5.86. The maximum absolute atomic E-state index is 5.80. The van der Waals surface area contributed by atoms with E-state index in [1.54, 1.807) is 0 Å². The van der Waals surface area contributed by atoms with E-state index in [1.165, 1.54) is 5.56 Å². The van der Waals surface area contributed by atoms with Crippen LogP contribution in [-0.4, -0.2) is 36.5 Å². The molecule has 2 fully saturated rings. The minimum atomic E-state index is -0.271. The van der Waals surface area contributed by atoms with Crippen LogP contribution in [0.1, 0.15) is 25.3 Å². The Labute approximate surface area is 109 Å². The number of likely N-dealkylation sites (tertiary alicyclic amines) is 1. The van der Waals surface area contributed by atoms with Crippen LogP contribution in [0, 0.1) is 0 Å². The van der Waals surface area contributed by atoms with Gasteiger partial charge in [0.15, 0.2) is 5.79 Å². The predicted molar refractivity (Wildman–Crippen MR) is 70.2 cm³/mol. The molecule has 1 unspecified atom stereocenters. The highest BCUT2D eigenvalue weighted by Gasteiger charge is 2.42. The van der Waals surface area contributed by atoms with Crippen LogP contribution in [0.2, 0.25) is 0 Å². The molecule has 98 valence electrons. The molecule has 0 aliphatic carbocycles. The Morgan fingerprint density at radius 2 is 1.94 bits per heavy atom. The molecule has 3 heteroatoms. The lowest BCUT2D eigenvalue weighted by molar-refractivity contribution is -0.195. The molecule has 1 atom stereocenters. The van der Waals surface area contributed by atoms with Crippen molar-refractivity contribution in [3.05, 3.63) is 35.9 Å². The lowest BCUT2D eigenvalue weighted by atomic mass is 9.96. The molecule has 3 rings (SSSR count). The Morgan fingerprint density at radius 1 is 1.22 bits per heavy atom. The first kappa shape index (κ1) is 12.2. The first-order valence-corrected chi connectivity index (χ1v) is 6.83. The highest BCUT2D eigenvalue weighted by Crippen LogP contribution is 2.34. The van der Waals surface area contributed by atoms with Crippen molar-refractivity contribution in [2.75, 3.05) is 19.8 Å². The van der Waals surface area contributed by atoms with Crippen molar-refractivity contribution in [1.82, 2.24) is 4.90 Å². The van der Waals surface area contributed by atoms with Crippen LogP contribution >= 0.6 is 0 Å². The summed E-state index contributed by atoms with van der Waals surface area (Å²) >= 11 is 0. The summed E-state index contributed by atoms with van der Waals surface area (Å²) in [5.74, 6) is -0.271. The molecule has 0 aromatic heterocycles. The maximum Gasteiger partial charge on any atom is 0.171 e. The number of hydrogen-bond donors (Lipinski definition) is 0. The van der Waals surface area contributed by atoms with Crippen molar-refractivity contribution in [2.45, 2.75) is 38.1 Å². The predicted octanol–water partition coefficient (Wildman–Crippen LogP) is 2.41. The molecule has 2 heterocycles. The Bertz CT molecular complexity index is 387. The molecule has 0 amide bonds. The van der Waals surface area contributed by atoms with Crippen molar-refractivity contribution < 1.29 is 9.47 Å². The molecule has 1 spiro atoms. The first-order chi connectivity index (χ1) is 8.77. The van der Waals surface area contributed by atoms with Crippen molar-refractivity contribution in [1.29, 1.82) is 0 Å². The summed E-state index contributed by atoms with van der Waals surface area (Å²) in [6, 6.07) is 11.2. The number of benzene rings is 1. The molecule has 2 saturated heterocycles. The quantitative estimate of drug-likeness (QED) is 0.801. The molecule has 2 aliphatic rings. The lowest BCUT2D eigenvalue weighted by Gasteiger charge is -2.42. The van der Waals surface area contributed by atoms with E-state index in [1.807, 2.05) is 0 Å². The fourth-order valence-electron chi connectivity index (χ4n) is 3.03. The second kappa shape index (κ2) is 5.00. The van der Waals surface area contributed by atoms with Gasteiger partial charge in [-0.3, -0.25) is 4.90 Å². The zero-order valence-electron chi connectivity index (χ0n) is 11.0. The fraction of sp³-hybridized carbons (Fsp3) is 0.600. The van der Waals surface area contributed by atoms with Gasteiger partial charge in [0.25, 0.3) is 0 Å². The largest absolute Gasteiger partial charge is 0.347 e. The highest BCUT2D eigenvalue weighted by molar-refractivity contribution is 5.14. The molecule has 1 aromatic carbocycles. The van der Waals surface area contributed by atoms with Crippen LogP contribution in [0.3, 0.4) is 0 Å². The molecule has 18 heavy (non-hydrogen) atoms. The van der Waals surface area contributed by atoms with Gasteiger partial charge in [0.2, 0.25) is 0 Å². The smallest absolute Gasteiger partial charge is 0.171 e. The first-order valence-electron chi connectivity index (χ1n) is 6.83. The van der Waals surface area contributed by atoms with E-state index >= 15 is 0 Å². The van der Waals surface area contributed by atoms with Crippen molar-refractivity contribution >= 4 is 0 Å². The Morgan fingerprint density at radius 3 is 2.61 bits per heavy atom. The van der Waals surface area contributed by atoms with Gasteiger partial charge in [-0.1, -0.05) is 30.3 Å². The van der Waals surface area contributed by atoms with Crippen LogP contribution in [0.4, 0.5) is 0 Å². The third-order valence-corrected chi connectivity index (χ3v) is 4.05. The Kier molecular flexibility index (Phi) is 3.37. The SMILES string of the molecule is CC1CC2(CCN1Cc1ccccc1)OCCO2. The van der Waals surface area contributed by atoms with E-state index in [4.69, 9.17) is 9.47 Å². The van der Waals surface area contributed by atoms with Crippen LogP contribution < -0.4 is 0 Å². The van der Waals surface area contributed by atoms with E-state index < -0.39 is 0 Å². The van der Waals surface area contributed by atoms with Gasteiger partial charge in [-0.05, 0) is 12.5 Å². The molecule has 0 N–H and O–H groups in total. The second-order valence-corrected chi connectivity index (χ2v) is 5.37. The van der Waals surface area contributed by atoms with E-state index in [9.17, 15) is 0 Å². The second-order valence-electron chi connectivity index (χ2n) is 5.37. The molecule has 0 saturated carbocycles. The van der Waals surface area contributed by atoms with Crippen LogP contribution in [0.5, 0.6) is 0 Å². The summed E-state index contributed by atoms with van der Waals surface area (Å²) in [5, 5.41) is 0. The number of piperidine rings is 1. The summed E-state index contributed by atoms with van der Waals surface area (Å²) in [7, 11) is 0. The van der Waals surface area contributed by atoms with Crippen LogP contribution in [0.15, 0.2) is 30.3 Å².